The highest BCUT2D eigenvalue weighted by Gasteiger charge is 2.17. The van der Waals surface area contributed by atoms with Crippen LogP contribution in [0.5, 0.6) is 5.75 Å². The molecule has 116 valence electrons. The Labute approximate surface area is 140 Å². The van der Waals surface area contributed by atoms with E-state index in [4.69, 9.17) is 27.9 Å². The Morgan fingerprint density at radius 2 is 1.86 bits per heavy atom. The number of halogens is 2. The van der Waals surface area contributed by atoms with E-state index in [1.165, 1.54) is 5.56 Å². The van der Waals surface area contributed by atoms with Gasteiger partial charge in [-0.3, -0.25) is 4.79 Å². The Balaban J connectivity index is 2.06. The van der Waals surface area contributed by atoms with Crippen LogP contribution in [0.1, 0.15) is 18.1 Å². The van der Waals surface area contributed by atoms with Crippen LogP contribution in [0.4, 0.5) is 5.69 Å². The molecule has 3 nitrogen and oxygen atoms in total. The predicted octanol–water partition coefficient (Wildman–Crippen LogP) is 5.02. The van der Waals surface area contributed by atoms with Gasteiger partial charge in [-0.25, -0.2) is 0 Å². The Kier molecular flexibility index (Phi) is 5.33. The fourth-order valence-electron chi connectivity index (χ4n) is 1.88. The first-order valence-corrected chi connectivity index (χ1v) is 7.63. The number of ether oxygens (including phenoxy) is 1. The van der Waals surface area contributed by atoms with E-state index in [1.807, 2.05) is 32.0 Å². The quantitative estimate of drug-likeness (QED) is 0.850. The number of anilines is 1. The molecule has 0 aliphatic carbocycles. The van der Waals surface area contributed by atoms with Gasteiger partial charge >= 0.3 is 0 Å². The molecular formula is C17H17Cl2NO2. The second-order valence-corrected chi connectivity index (χ2v) is 5.88. The van der Waals surface area contributed by atoms with Gasteiger partial charge in [-0.05, 0) is 56.2 Å². The lowest BCUT2D eigenvalue weighted by atomic mass is 10.1. The van der Waals surface area contributed by atoms with Crippen molar-refractivity contribution in [2.75, 3.05) is 5.32 Å². The third kappa shape index (κ3) is 3.93. The molecule has 0 heterocycles. The molecule has 0 saturated carbocycles. The van der Waals surface area contributed by atoms with Crippen molar-refractivity contribution in [1.29, 1.82) is 0 Å². The van der Waals surface area contributed by atoms with Gasteiger partial charge in [-0.15, -0.1) is 0 Å². The second kappa shape index (κ2) is 7.03. The molecule has 22 heavy (non-hydrogen) atoms. The molecule has 1 atom stereocenters. The van der Waals surface area contributed by atoms with Crippen molar-refractivity contribution in [3.63, 3.8) is 0 Å². The summed E-state index contributed by atoms with van der Waals surface area (Å²) >= 11 is 12.0. The van der Waals surface area contributed by atoms with Crippen molar-refractivity contribution in [1.82, 2.24) is 0 Å². The third-order valence-corrected chi connectivity index (χ3v) is 4.19. The zero-order valence-corrected chi connectivity index (χ0v) is 14.1. The Morgan fingerprint density at radius 1 is 1.14 bits per heavy atom. The summed E-state index contributed by atoms with van der Waals surface area (Å²) in [6, 6.07) is 10.8. The van der Waals surface area contributed by atoms with Crippen LogP contribution in [0.25, 0.3) is 0 Å². The van der Waals surface area contributed by atoms with Crippen LogP contribution in [0.15, 0.2) is 36.4 Å². The van der Waals surface area contributed by atoms with E-state index >= 15 is 0 Å². The minimum Gasteiger partial charge on any atom is -0.481 e. The predicted molar refractivity (Wildman–Crippen MR) is 91.1 cm³/mol. The maximum Gasteiger partial charge on any atom is 0.265 e. The maximum absolute atomic E-state index is 12.2. The summed E-state index contributed by atoms with van der Waals surface area (Å²) in [6.07, 6.45) is -0.655. The molecule has 1 N–H and O–H groups in total. The lowest BCUT2D eigenvalue weighted by Gasteiger charge is -2.16. The first kappa shape index (κ1) is 16.7. The highest BCUT2D eigenvalue weighted by Crippen LogP contribution is 2.29. The average molecular weight is 338 g/mol. The fourth-order valence-corrected chi connectivity index (χ4v) is 2.23. The van der Waals surface area contributed by atoms with Gasteiger partial charge in [0.1, 0.15) is 5.75 Å². The summed E-state index contributed by atoms with van der Waals surface area (Å²) in [4.78, 5) is 12.2. The van der Waals surface area contributed by atoms with Crippen LogP contribution in [-0.4, -0.2) is 12.0 Å². The van der Waals surface area contributed by atoms with Crippen molar-refractivity contribution in [2.24, 2.45) is 0 Å². The number of aryl methyl sites for hydroxylation is 2. The lowest BCUT2D eigenvalue weighted by Crippen LogP contribution is -2.30. The van der Waals surface area contributed by atoms with Gasteiger partial charge in [-0.1, -0.05) is 35.3 Å². The van der Waals surface area contributed by atoms with Crippen molar-refractivity contribution < 1.29 is 9.53 Å². The minimum absolute atomic E-state index is 0.289. The monoisotopic (exact) mass is 337 g/mol. The number of carbonyl (C=O) groups is 1. The molecule has 0 radical (unpaired) electrons. The number of carbonyl (C=O) groups excluding carboxylic acids is 1. The molecule has 0 bridgehead atoms. The Hall–Kier alpha value is -1.71. The highest BCUT2D eigenvalue weighted by atomic mass is 35.5. The number of hydrogen-bond acceptors (Lipinski definition) is 2. The first-order chi connectivity index (χ1) is 10.4. The number of hydrogen-bond donors (Lipinski definition) is 1. The third-order valence-electron chi connectivity index (χ3n) is 3.37. The fraction of sp³-hybridized carbons (Fsp3) is 0.235. The number of nitrogens with one attached hydrogen (secondary N) is 1. The second-order valence-electron chi connectivity index (χ2n) is 5.10. The van der Waals surface area contributed by atoms with E-state index in [2.05, 4.69) is 5.32 Å². The molecule has 0 spiro atoms. The maximum atomic E-state index is 12.2. The molecular weight excluding hydrogens is 321 g/mol. The minimum atomic E-state index is -0.655. The molecule has 2 rings (SSSR count). The van der Waals surface area contributed by atoms with Crippen LogP contribution in [-0.2, 0) is 4.79 Å². The molecule has 2 aromatic rings. The molecule has 0 fully saturated rings. The van der Waals surface area contributed by atoms with Crippen LogP contribution < -0.4 is 10.1 Å². The summed E-state index contributed by atoms with van der Waals surface area (Å²) in [7, 11) is 0. The first-order valence-electron chi connectivity index (χ1n) is 6.87. The standard InChI is InChI=1S/C17H17Cl2NO2/c1-10-7-8-13(9-11(10)2)22-12(3)17(21)20-15-6-4-5-14(18)16(15)19/h4-9,12H,1-3H3,(H,20,21)/t12-/m1/s1. The van der Waals surface area contributed by atoms with E-state index < -0.39 is 6.10 Å². The zero-order valence-electron chi connectivity index (χ0n) is 12.6. The molecule has 0 aliphatic rings. The van der Waals surface area contributed by atoms with E-state index in [1.54, 1.807) is 25.1 Å². The molecule has 0 aliphatic heterocycles. The Bertz CT molecular complexity index is 701. The Morgan fingerprint density at radius 3 is 2.55 bits per heavy atom. The van der Waals surface area contributed by atoms with Crippen molar-refractivity contribution >= 4 is 34.8 Å². The van der Waals surface area contributed by atoms with Crippen molar-refractivity contribution in [3.8, 4) is 5.75 Å². The largest absolute Gasteiger partial charge is 0.481 e. The highest BCUT2D eigenvalue weighted by molar-refractivity contribution is 6.44. The van der Waals surface area contributed by atoms with Gasteiger partial charge in [0.2, 0.25) is 0 Å². The molecule has 0 aromatic heterocycles. The van der Waals surface area contributed by atoms with Crippen LogP contribution in [0, 0.1) is 13.8 Å². The van der Waals surface area contributed by atoms with Gasteiger partial charge in [0, 0.05) is 0 Å². The molecule has 2 aromatic carbocycles. The van der Waals surface area contributed by atoms with Gasteiger partial charge in [0.05, 0.1) is 15.7 Å². The number of amides is 1. The summed E-state index contributed by atoms with van der Waals surface area (Å²) in [6.45, 7) is 5.71. The molecule has 0 unspecified atom stereocenters. The summed E-state index contributed by atoms with van der Waals surface area (Å²) in [5.41, 5.74) is 2.76. The molecule has 5 heteroatoms. The number of benzene rings is 2. The topological polar surface area (TPSA) is 38.3 Å². The van der Waals surface area contributed by atoms with Gasteiger partial charge < -0.3 is 10.1 Å². The normalized spacial score (nSPS) is 11.9. The average Bonchev–Trinajstić information content (AvgIpc) is 2.47. The van der Waals surface area contributed by atoms with Gasteiger partial charge in [0.15, 0.2) is 6.10 Å². The van der Waals surface area contributed by atoms with Crippen molar-refractivity contribution in [2.45, 2.75) is 26.9 Å². The van der Waals surface area contributed by atoms with Gasteiger partial charge in [-0.2, -0.15) is 0 Å². The SMILES string of the molecule is Cc1ccc(O[C@H](C)C(=O)Nc2cccc(Cl)c2Cl)cc1C. The summed E-state index contributed by atoms with van der Waals surface area (Å²) in [5, 5.41) is 3.42. The molecule has 0 saturated heterocycles. The van der Waals surface area contributed by atoms with Gasteiger partial charge in [0.25, 0.3) is 5.91 Å². The van der Waals surface area contributed by atoms with Crippen LogP contribution in [0.2, 0.25) is 10.0 Å². The summed E-state index contributed by atoms with van der Waals surface area (Å²) < 4.78 is 5.67. The van der Waals surface area contributed by atoms with E-state index in [0.29, 0.717) is 21.5 Å². The number of rotatable bonds is 4. The summed E-state index contributed by atoms with van der Waals surface area (Å²) in [5.74, 6) is 0.366. The van der Waals surface area contributed by atoms with Crippen molar-refractivity contribution in [3.05, 3.63) is 57.6 Å². The lowest BCUT2D eigenvalue weighted by molar-refractivity contribution is -0.122. The van der Waals surface area contributed by atoms with E-state index in [0.717, 1.165) is 5.56 Å². The van der Waals surface area contributed by atoms with E-state index in [9.17, 15) is 4.79 Å². The smallest absolute Gasteiger partial charge is 0.265 e. The zero-order chi connectivity index (χ0) is 16.3. The van der Waals surface area contributed by atoms with Crippen LogP contribution in [0.3, 0.4) is 0 Å². The van der Waals surface area contributed by atoms with E-state index in [-0.39, 0.29) is 5.91 Å². The molecule has 1 amide bonds. The van der Waals surface area contributed by atoms with Crippen LogP contribution >= 0.6 is 23.2 Å².